The van der Waals surface area contributed by atoms with Gasteiger partial charge in [-0.05, 0) is 42.8 Å². The van der Waals surface area contributed by atoms with Gasteiger partial charge in [0.25, 0.3) is 0 Å². The van der Waals surface area contributed by atoms with Crippen molar-refractivity contribution in [2.24, 2.45) is 0 Å². The highest BCUT2D eigenvalue weighted by Crippen LogP contribution is 2.33. The molecule has 1 aliphatic heterocycles. The minimum Gasteiger partial charge on any atom is -0.437 e. The summed E-state index contributed by atoms with van der Waals surface area (Å²) in [5.41, 5.74) is 1.71. The zero-order valence-corrected chi connectivity index (χ0v) is 15.6. The van der Waals surface area contributed by atoms with Crippen molar-refractivity contribution in [1.82, 2.24) is 19.9 Å². The van der Waals surface area contributed by atoms with E-state index in [1.807, 2.05) is 47.4 Å². The molecule has 142 valence electrons. The minimum absolute atomic E-state index is 0.0878. The average Bonchev–Trinajstić information content (AvgIpc) is 3.21. The molecular weight excluding hydrogens is 354 g/mol. The van der Waals surface area contributed by atoms with Gasteiger partial charge in [-0.1, -0.05) is 6.07 Å². The number of benzene rings is 1. The van der Waals surface area contributed by atoms with Crippen LogP contribution in [0.1, 0.15) is 25.0 Å². The van der Waals surface area contributed by atoms with Gasteiger partial charge in [0, 0.05) is 50.2 Å². The second-order valence-corrected chi connectivity index (χ2v) is 6.66. The zero-order chi connectivity index (χ0) is 19.3. The molecule has 3 aromatic rings. The maximum Gasteiger partial charge on any atom is 0.241 e. The highest BCUT2D eigenvalue weighted by Gasteiger charge is 2.29. The average molecular weight is 375 g/mol. The molecule has 3 heterocycles. The van der Waals surface area contributed by atoms with Gasteiger partial charge in [0.15, 0.2) is 0 Å². The van der Waals surface area contributed by atoms with E-state index < -0.39 is 0 Å². The lowest BCUT2D eigenvalue weighted by molar-refractivity contribution is -0.127. The summed E-state index contributed by atoms with van der Waals surface area (Å²) in [5, 5.41) is 3.23. The second-order valence-electron chi connectivity index (χ2n) is 6.66. The van der Waals surface area contributed by atoms with Crippen molar-refractivity contribution in [3.8, 4) is 11.6 Å². The molecule has 0 aliphatic carbocycles. The number of carbonyl (C=O) groups excluding carboxylic acids is 1. The van der Waals surface area contributed by atoms with Gasteiger partial charge in [0.2, 0.25) is 11.8 Å². The number of hydrogen-bond acceptors (Lipinski definition) is 6. The van der Waals surface area contributed by atoms with E-state index in [0.29, 0.717) is 18.2 Å². The van der Waals surface area contributed by atoms with Gasteiger partial charge < -0.3 is 15.0 Å². The van der Waals surface area contributed by atoms with Crippen LogP contribution in [0.4, 0.5) is 11.5 Å². The molecule has 0 radical (unpaired) electrons. The fourth-order valence-corrected chi connectivity index (χ4v) is 3.27. The van der Waals surface area contributed by atoms with Crippen molar-refractivity contribution >= 4 is 17.4 Å². The Morgan fingerprint density at radius 2 is 1.89 bits per heavy atom. The maximum absolute atomic E-state index is 11.6. The number of anilines is 2. The molecule has 2 aromatic heterocycles. The number of pyridine rings is 1. The number of ether oxygens (including phenoxy) is 1. The van der Waals surface area contributed by atoms with Crippen molar-refractivity contribution in [3.05, 3.63) is 66.7 Å². The molecule has 1 fully saturated rings. The Morgan fingerprint density at radius 1 is 1.07 bits per heavy atom. The van der Waals surface area contributed by atoms with E-state index in [2.05, 4.69) is 20.3 Å². The molecule has 1 aromatic carbocycles. The zero-order valence-electron chi connectivity index (χ0n) is 15.6. The first-order chi connectivity index (χ1) is 13.7. The van der Waals surface area contributed by atoms with Crippen molar-refractivity contribution in [3.63, 3.8) is 0 Å². The molecule has 1 aliphatic rings. The topological polar surface area (TPSA) is 80.2 Å². The van der Waals surface area contributed by atoms with E-state index in [1.54, 1.807) is 25.5 Å². The number of aromatic nitrogens is 3. The van der Waals surface area contributed by atoms with Crippen molar-refractivity contribution in [2.75, 3.05) is 18.4 Å². The van der Waals surface area contributed by atoms with Crippen molar-refractivity contribution < 1.29 is 9.53 Å². The van der Waals surface area contributed by atoms with Gasteiger partial charge in [0.05, 0.1) is 0 Å². The Morgan fingerprint density at radius 3 is 2.61 bits per heavy atom. The monoisotopic (exact) mass is 375 g/mol. The molecular formula is C21H21N5O2. The van der Waals surface area contributed by atoms with E-state index in [9.17, 15) is 4.79 Å². The molecule has 7 nitrogen and oxygen atoms in total. The van der Waals surface area contributed by atoms with E-state index in [4.69, 9.17) is 4.74 Å². The lowest BCUT2D eigenvalue weighted by Crippen LogP contribution is -2.25. The molecule has 1 unspecified atom stereocenters. The van der Waals surface area contributed by atoms with E-state index in [1.165, 1.54) is 0 Å². The highest BCUT2D eigenvalue weighted by atomic mass is 16.5. The smallest absolute Gasteiger partial charge is 0.241 e. The van der Waals surface area contributed by atoms with Crippen LogP contribution in [-0.4, -0.2) is 38.8 Å². The summed E-state index contributed by atoms with van der Waals surface area (Å²) in [4.78, 5) is 26.5. The third-order valence-electron chi connectivity index (χ3n) is 4.72. The molecule has 1 N–H and O–H groups in total. The van der Waals surface area contributed by atoms with E-state index >= 15 is 0 Å². The summed E-state index contributed by atoms with van der Waals surface area (Å²) in [6.45, 7) is 2.98. The van der Waals surface area contributed by atoms with Gasteiger partial charge in [-0.3, -0.25) is 9.78 Å². The molecule has 1 amide bonds. The van der Waals surface area contributed by atoms with Crippen molar-refractivity contribution in [1.29, 1.82) is 0 Å². The molecule has 4 rings (SSSR count). The number of hydrogen-bond donors (Lipinski definition) is 1. The van der Waals surface area contributed by atoms with E-state index in [0.717, 1.165) is 30.2 Å². The fraction of sp³-hybridized carbons (Fsp3) is 0.238. The number of carbonyl (C=O) groups is 1. The largest absolute Gasteiger partial charge is 0.437 e. The lowest BCUT2D eigenvalue weighted by atomic mass is 10.1. The summed E-state index contributed by atoms with van der Waals surface area (Å²) in [6, 6.07) is 13.3. The molecule has 7 heteroatoms. The minimum atomic E-state index is 0.0878. The lowest BCUT2D eigenvalue weighted by Gasteiger charge is -2.15. The molecule has 0 spiro atoms. The van der Waals surface area contributed by atoms with Crippen LogP contribution < -0.4 is 10.1 Å². The van der Waals surface area contributed by atoms with Gasteiger partial charge in [0.1, 0.15) is 17.3 Å². The van der Waals surface area contributed by atoms with Crippen LogP contribution in [0.15, 0.2) is 61.1 Å². The Hall–Kier alpha value is -3.48. The van der Waals surface area contributed by atoms with Gasteiger partial charge >= 0.3 is 0 Å². The second kappa shape index (κ2) is 8.04. The van der Waals surface area contributed by atoms with Crippen LogP contribution in [0.25, 0.3) is 0 Å². The number of nitrogens with one attached hydrogen (secondary N) is 1. The number of rotatable bonds is 5. The van der Waals surface area contributed by atoms with Gasteiger partial charge in [-0.25, -0.2) is 9.97 Å². The van der Waals surface area contributed by atoms with Crippen LogP contribution in [0.2, 0.25) is 0 Å². The summed E-state index contributed by atoms with van der Waals surface area (Å²) < 4.78 is 6.00. The Bertz CT molecular complexity index is 947. The molecule has 28 heavy (non-hydrogen) atoms. The fourth-order valence-electron chi connectivity index (χ4n) is 3.27. The highest BCUT2D eigenvalue weighted by molar-refractivity contribution is 5.73. The number of nitrogens with zero attached hydrogens (tertiary/aromatic N) is 4. The standard InChI is InChI=1S/C21H21N5O2/c1-15(27)26-13-9-16(14-26)20-21(24-12-11-23-20)28-18-7-5-17(6-8-18)25-19-4-2-3-10-22-19/h2-8,10-12,16H,9,13-14H2,1H3,(H,22,25). The van der Waals surface area contributed by atoms with E-state index in [-0.39, 0.29) is 11.8 Å². The van der Waals surface area contributed by atoms with Crippen LogP contribution in [0, 0.1) is 0 Å². The third-order valence-corrected chi connectivity index (χ3v) is 4.72. The summed E-state index contributed by atoms with van der Waals surface area (Å²) in [7, 11) is 0. The number of amides is 1. The van der Waals surface area contributed by atoms with Crippen LogP contribution in [0.3, 0.4) is 0 Å². The first kappa shape index (κ1) is 17.9. The maximum atomic E-state index is 11.6. The Balaban J connectivity index is 1.47. The summed E-state index contributed by atoms with van der Waals surface area (Å²) in [5.74, 6) is 2.17. The molecule has 1 atom stereocenters. The predicted molar refractivity (Wildman–Crippen MR) is 106 cm³/mol. The summed E-state index contributed by atoms with van der Waals surface area (Å²) in [6.07, 6.45) is 5.89. The Labute approximate surface area is 163 Å². The predicted octanol–water partition coefficient (Wildman–Crippen LogP) is 3.74. The first-order valence-electron chi connectivity index (χ1n) is 9.21. The first-order valence-corrected chi connectivity index (χ1v) is 9.21. The normalized spacial score (nSPS) is 16.0. The Kier molecular flexibility index (Phi) is 5.14. The van der Waals surface area contributed by atoms with Crippen LogP contribution >= 0.6 is 0 Å². The summed E-state index contributed by atoms with van der Waals surface area (Å²) >= 11 is 0. The van der Waals surface area contributed by atoms with Crippen molar-refractivity contribution in [2.45, 2.75) is 19.3 Å². The molecule has 1 saturated heterocycles. The van der Waals surface area contributed by atoms with Crippen LogP contribution in [-0.2, 0) is 4.79 Å². The SMILES string of the molecule is CC(=O)N1CCC(c2nccnc2Oc2ccc(Nc3ccccn3)cc2)C1. The number of likely N-dealkylation sites (tertiary alicyclic amines) is 1. The van der Waals surface area contributed by atoms with Gasteiger partial charge in [-0.2, -0.15) is 0 Å². The molecule has 0 bridgehead atoms. The van der Waals surface area contributed by atoms with Crippen LogP contribution in [0.5, 0.6) is 11.6 Å². The molecule has 0 saturated carbocycles. The van der Waals surface area contributed by atoms with Gasteiger partial charge in [-0.15, -0.1) is 0 Å². The third kappa shape index (κ3) is 4.09. The quantitative estimate of drug-likeness (QED) is 0.732.